The molecular formula is C22H29N3O3S. The lowest BCUT2D eigenvalue weighted by Crippen LogP contribution is -2.46. The van der Waals surface area contributed by atoms with Crippen LogP contribution in [0.15, 0.2) is 42.5 Å². The molecule has 0 saturated carbocycles. The summed E-state index contributed by atoms with van der Waals surface area (Å²) < 4.78 is 25.5. The monoisotopic (exact) mass is 415 g/mol. The molecule has 0 spiro atoms. The van der Waals surface area contributed by atoms with E-state index in [-0.39, 0.29) is 17.7 Å². The van der Waals surface area contributed by atoms with Crippen LogP contribution in [0.3, 0.4) is 0 Å². The van der Waals surface area contributed by atoms with E-state index in [1.54, 1.807) is 13.0 Å². The molecule has 2 aromatic carbocycles. The number of benzene rings is 2. The Morgan fingerprint density at radius 3 is 2.38 bits per heavy atom. The van der Waals surface area contributed by atoms with E-state index in [4.69, 9.17) is 0 Å². The number of hydrogen-bond donors (Lipinski definition) is 2. The Labute approximate surface area is 173 Å². The summed E-state index contributed by atoms with van der Waals surface area (Å²) in [4.78, 5) is 12.9. The van der Waals surface area contributed by atoms with Crippen molar-refractivity contribution in [1.82, 2.24) is 9.62 Å². The summed E-state index contributed by atoms with van der Waals surface area (Å²) in [6.45, 7) is 6.67. The Morgan fingerprint density at radius 2 is 1.69 bits per heavy atom. The summed E-state index contributed by atoms with van der Waals surface area (Å²) in [7, 11) is -3.16. The van der Waals surface area contributed by atoms with Crippen molar-refractivity contribution >= 4 is 27.3 Å². The molecule has 156 valence electrons. The third-order valence-corrected chi connectivity index (χ3v) is 7.47. The second-order valence-electron chi connectivity index (χ2n) is 7.47. The molecule has 1 aliphatic heterocycles. The number of hydrogen-bond acceptors (Lipinski definition) is 4. The molecule has 0 aromatic heterocycles. The highest BCUT2D eigenvalue weighted by molar-refractivity contribution is 7.89. The Balaban J connectivity index is 1.69. The number of carbonyl (C=O) groups excluding carboxylic acids is 1. The molecule has 1 amide bonds. The molecule has 29 heavy (non-hydrogen) atoms. The molecule has 1 heterocycles. The van der Waals surface area contributed by atoms with Crippen LogP contribution >= 0.6 is 0 Å². The van der Waals surface area contributed by atoms with Crippen LogP contribution in [-0.2, 0) is 10.0 Å². The second-order valence-corrected chi connectivity index (χ2v) is 9.72. The number of nitrogens with zero attached hydrogens (tertiary/aromatic N) is 1. The normalized spacial score (nSPS) is 15.8. The SMILES string of the molecule is CCS(=O)(=O)N1CCC(NC(=O)c2ccccc2Nc2cccc(C)c2C)CC1. The van der Waals surface area contributed by atoms with Crippen molar-refractivity contribution in [2.45, 2.75) is 39.7 Å². The number of rotatable bonds is 6. The lowest BCUT2D eigenvalue weighted by molar-refractivity contribution is 0.0924. The molecule has 6 nitrogen and oxygen atoms in total. The van der Waals surface area contributed by atoms with E-state index in [0.717, 1.165) is 16.9 Å². The van der Waals surface area contributed by atoms with E-state index in [0.29, 0.717) is 31.5 Å². The first-order valence-electron chi connectivity index (χ1n) is 10.0. The molecule has 1 saturated heterocycles. The summed E-state index contributed by atoms with van der Waals surface area (Å²) in [6, 6.07) is 13.5. The summed E-state index contributed by atoms with van der Waals surface area (Å²) in [5, 5.41) is 6.46. The Kier molecular flexibility index (Phi) is 6.59. The number of nitrogens with one attached hydrogen (secondary N) is 2. The number of aryl methyl sites for hydroxylation is 1. The average Bonchev–Trinajstić information content (AvgIpc) is 2.72. The second kappa shape index (κ2) is 8.97. The van der Waals surface area contributed by atoms with Crippen molar-refractivity contribution in [1.29, 1.82) is 0 Å². The molecular weight excluding hydrogens is 386 g/mol. The van der Waals surface area contributed by atoms with E-state index in [2.05, 4.69) is 30.5 Å². The van der Waals surface area contributed by atoms with Gasteiger partial charge in [0.1, 0.15) is 0 Å². The average molecular weight is 416 g/mol. The zero-order valence-corrected chi connectivity index (χ0v) is 18.1. The van der Waals surface area contributed by atoms with Gasteiger partial charge in [-0.05, 0) is 62.9 Å². The van der Waals surface area contributed by atoms with Crippen LogP contribution in [0.25, 0.3) is 0 Å². The lowest BCUT2D eigenvalue weighted by atomic mass is 10.0. The Bertz CT molecular complexity index is 981. The third kappa shape index (κ3) is 4.97. The number of carbonyl (C=O) groups is 1. The van der Waals surface area contributed by atoms with Crippen molar-refractivity contribution in [2.75, 3.05) is 24.2 Å². The van der Waals surface area contributed by atoms with Gasteiger partial charge in [0, 0.05) is 24.8 Å². The van der Waals surface area contributed by atoms with Crippen LogP contribution < -0.4 is 10.6 Å². The fraction of sp³-hybridized carbons (Fsp3) is 0.409. The van der Waals surface area contributed by atoms with Gasteiger partial charge in [0.2, 0.25) is 10.0 Å². The predicted molar refractivity (Wildman–Crippen MR) is 117 cm³/mol. The number of sulfonamides is 1. The molecule has 0 bridgehead atoms. The van der Waals surface area contributed by atoms with Crippen molar-refractivity contribution < 1.29 is 13.2 Å². The minimum atomic E-state index is -3.16. The molecule has 3 rings (SSSR count). The molecule has 0 radical (unpaired) electrons. The fourth-order valence-corrected chi connectivity index (χ4v) is 4.68. The number of piperidine rings is 1. The van der Waals surface area contributed by atoms with Gasteiger partial charge in [0.15, 0.2) is 0 Å². The first kappa shape index (κ1) is 21.3. The number of anilines is 2. The van der Waals surface area contributed by atoms with Gasteiger partial charge in [-0.15, -0.1) is 0 Å². The maximum absolute atomic E-state index is 12.9. The van der Waals surface area contributed by atoms with Crippen LogP contribution in [0.2, 0.25) is 0 Å². The lowest BCUT2D eigenvalue weighted by Gasteiger charge is -2.31. The Hall–Kier alpha value is -2.38. The van der Waals surface area contributed by atoms with Crippen LogP contribution in [0.1, 0.15) is 41.3 Å². The predicted octanol–water partition coefficient (Wildman–Crippen LogP) is 3.59. The van der Waals surface area contributed by atoms with Crippen molar-refractivity contribution in [3.05, 3.63) is 59.2 Å². The van der Waals surface area contributed by atoms with Gasteiger partial charge in [-0.2, -0.15) is 0 Å². The van der Waals surface area contributed by atoms with Gasteiger partial charge in [-0.1, -0.05) is 24.3 Å². The zero-order valence-electron chi connectivity index (χ0n) is 17.2. The van der Waals surface area contributed by atoms with E-state index in [1.165, 1.54) is 9.87 Å². The number of amides is 1. The Morgan fingerprint density at radius 1 is 1.03 bits per heavy atom. The standard InChI is InChI=1S/C22H29N3O3S/c1-4-29(27,28)25-14-12-18(13-15-25)23-22(26)19-9-5-6-10-21(19)24-20-11-7-8-16(2)17(20)3/h5-11,18,24H,4,12-15H2,1-3H3,(H,23,26). The van der Waals surface area contributed by atoms with E-state index < -0.39 is 10.0 Å². The van der Waals surface area contributed by atoms with Crippen LogP contribution in [0.5, 0.6) is 0 Å². The first-order chi connectivity index (χ1) is 13.8. The molecule has 1 aliphatic rings. The smallest absolute Gasteiger partial charge is 0.253 e. The van der Waals surface area contributed by atoms with Crippen molar-refractivity contribution in [3.63, 3.8) is 0 Å². The third-order valence-electron chi connectivity index (χ3n) is 5.59. The molecule has 1 fully saturated rings. The van der Waals surface area contributed by atoms with Gasteiger partial charge >= 0.3 is 0 Å². The minimum absolute atomic E-state index is 0.0282. The zero-order chi connectivity index (χ0) is 21.0. The van der Waals surface area contributed by atoms with Crippen molar-refractivity contribution in [3.8, 4) is 0 Å². The van der Waals surface area contributed by atoms with Gasteiger partial charge in [-0.3, -0.25) is 4.79 Å². The molecule has 2 N–H and O–H groups in total. The highest BCUT2D eigenvalue weighted by atomic mass is 32.2. The van der Waals surface area contributed by atoms with E-state index in [1.807, 2.05) is 30.3 Å². The van der Waals surface area contributed by atoms with Crippen LogP contribution in [0, 0.1) is 13.8 Å². The largest absolute Gasteiger partial charge is 0.355 e. The van der Waals surface area contributed by atoms with Gasteiger partial charge < -0.3 is 10.6 Å². The quantitative estimate of drug-likeness (QED) is 0.756. The van der Waals surface area contributed by atoms with E-state index >= 15 is 0 Å². The van der Waals surface area contributed by atoms with Gasteiger partial charge in [0.25, 0.3) is 5.91 Å². The van der Waals surface area contributed by atoms with Gasteiger partial charge in [-0.25, -0.2) is 12.7 Å². The summed E-state index contributed by atoms with van der Waals surface area (Å²) in [5.41, 5.74) is 4.64. The topological polar surface area (TPSA) is 78.5 Å². The summed E-state index contributed by atoms with van der Waals surface area (Å²) in [6.07, 6.45) is 1.25. The molecule has 7 heteroatoms. The van der Waals surface area contributed by atoms with Crippen LogP contribution in [-0.4, -0.2) is 43.5 Å². The molecule has 2 aromatic rings. The molecule has 0 aliphatic carbocycles. The highest BCUT2D eigenvalue weighted by Crippen LogP contribution is 2.25. The summed E-state index contributed by atoms with van der Waals surface area (Å²) in [5.74, 6) is -0.0308. The number of para-hydroxylation sites is 1. The minimum Gasteiger partial charge on any atom is -0.355 e. The molecule has 0 atom stereocenters. The first-order valence-corrected chi connectivity index (χ1v) is 11.6. The van der Waals surface area contributed by atoms with Crippen LogP contribution in [0.4, 0.5) is 11.4 Å². The molecule has 0 unspecified atom stereocenters. The fourth-order valence-electron chi connectivity index (χ4n) is 3.55. The highest BCUT2D eigenvalue weighted by Gasteiger charge is 2.27. The van der Waals surface area contributed by atoms with Crippen molar-refractivity contribution in [2.24, 2.45) is 0 Å². The van der Waals surface area contributed by atoms with Gasteiger partial charge in [0.05, 0.1) is 17.0 Å². The maximum atomic E-state index is 12.9. The maximum Gasteiger partial charge on any atom is 0.253 e. The summed E-state index contributed by atoms with van der Waals surface area (Å²) >= 11 is 0. The van der Waals surface area contributed by atoms with E-state index in [9.17, 15) is 13.2 Å².